The van der Waals surface area contributed by atoms with Gasteiger partial charge < -0.3 is 0 Å². The van der Waals surface area contributed by atoms with Crippen LogP contribution >= 0.6 is 0 Å². The lowest BCUT2D eigenvalue weighted by atomic mass is 9.13. The largest absolute Gasteiger partial charge is 0.497 e. The van der Waals surface area contributed by atoms with Gasteiger partial charge in [0.25, 0.3) is 0 Å². The third kappa shape index (κ3) is 6.94. The lowest BCUT2D eigenvalue weighted by Crippen LogP contribution is -2.74. The van der Waals surface area contributed by atoms with Gasteiger partial charge in [-0.15, -0.1) is 0 Å². The quantitative estimate of drug-likeness (QED) is 0.185. The fraction of sp³-hybridized carbons (Fsp3) is 0.0500. The second-order valence-electron chi connectivity index (χ2n) is 11.0. The van der Waals surface area contributed by atoms with Crippen LogP contribution in [0.15, 0.2) is 176 Å². The topological polar surface area (TPSA) is 24.2 Å². The van der Waals surface area contributed by atoms with Crippen molar-refractivity contribution in [1.29, 1.82) is 0 Å². The van der Waals surface area contributed by atoms with E-state index >= 15 is 0 Å². The molecule has 5 aromatic carbocycles. The Morgan fingerprint density at radius 1 is 0.477 bits per heavy atom. The summed E-state index contributed by atoms with van der Waals surface area (Å²) >= 11 is 0. The first-order valence-electron chi connectivity index (χ1n) is 14.9. The van der Waals surface area contributed by atoms with Crippen molar-refractivity contribution < 1.29 is 9.36 Å². The maximum absolute atomic E-state index is 11.7. The van der Waals surface area contributed by atoms with Crippen molar-refractivity contribution in [2.45, 2.75) is 0 Å². The number of aromatic nitrogens is 1. The zero-order valence-corrected chi connectivity index (χ0v) is 25.3. The van der Waals surface area contributed by atoms with E-state index in [9.17, 15) is 4.79 Å². The third-order valence-corrected chi connectivity index (χ3v) is 7.92. The fourth-order valence-corrected chi connectivity index (χ4v) is 5.79. The first-order valence-corrected chi connectivity index (χ1v) is 14.9. The van der Waals surface area contributed by atoms with Crippen molar-refractivity contribution in [1.82, 2.24) is 4.90 Å². The summed E-state index contributed by atoms with van der Waals surface area (Å²) in [6, 6.07) is 57.4. The Labute approximate surface area is 261 Å². The van der Waals surface area contributed by atoms with Crippen LogP contribution in [-0.4, -0.2) is 31.2 Å². The van der Waals surface area contributed by atoms with Gasteiger partial charge in [-0.3, -0.25) is 0 Å². The highest BCUT2D eigenvalue weighted by molar-refractivity contribution is 7.19. The van der Waals surface area contributed by atoms with Crippen molar-refractivity contribution in [3.05, 3.63) is 187 Å². The van der Waals surface area contributed by atoms with Crippen LogP contribution < -0.4 is 26.4 Å². The molecule has 1 heterocycles. The van der Waals surface area contributed by atoms with E-state index in [0.29, 0.717) is 0 Å². The van der Waals surface area contributed by atoms with Gasteiger partial charge in [-0.1, -0.05) is 164 Å². The van der Waals surface area contributed by atoms with Gasteiger partial charge in [-0.05, 0) is 23.3 Å². The summed E-state index contributed by atoms with van der Waals surface area (Å²) in [5.74, 6) is 0. The van der Waals surface area contributed by atoms with Crippen molar-refractivity contribution >= 4 is 46.2 Å². The molecule has 1 aromatic heterocycles. The smallest absolute Gasteiger partial charge is 0.231 e. The summed E-state index contributed by atoms with van der Waals surface area (Å²) < 4.78 is 1.56. The molecule has 6 rings (SSSR count). The van der Waals surface area contributed by atoms with Crippen molar-refractivity contribution in [2.75, 3.05) is 14.1 Å². The highest BCUT2D eigenvalue weighted by Crippen LogP contribution is 2.09. The highest BCUT2D eigenvalue weighted by atomic mass is 16.2. The lowest BCUT2D eigenvalue weighted by Gasteiger charge is -2.44. The molecular weight excluding hydrogens is 535 g/mol. The number of nitrogens with zero attached hydrogens (tertiary/aromatic N) is 2. The Hall–Kier alpha value is -5.48. The molecule has 6 aromatic rings. The molecule has 1 amide bonds. The first kappa shape index (κ1) is 30.0. The van der Waals surface area contributed by atoms with Crippen molar-refractivity contribution in [2.24, 2.45) is 0 Å². The molecule has 0 bridgehead atoms. The van der Waals surface area contributed by atoms with E-state index in [-0.39, 0.29) is 6.03 Å². The average molecular weight is 573 g/mol. The second kappa shape index (κ2) is 14.6. The van der Waals surface area contributed by atoms with E-state index in [1.54, 1.807) is 36.0 Å². The Morgan fingerprint density at radius 3 is 1.09 bits per heavy atom. The SMILES string of the molecule is CN(C)C(=O)[n+]1ccc(/C=C/c2ccccc2)cc1.c1ccc([B-](c2ccccc2)(c2ccccc2)c2ccccc2)cc1. The van der Waals surface area contributed by atoms with Gasteiger partial charge in [0.15, 0.2) is 0 Å². The van der Waals surface area contributed by atoms with Gasteiger partial charge in [-0.25, -0.2) is 4.90 Å². The minimum atomic E-state index is -1.22. The van der Waals surface area contributed by atoms with Gasteiger partial charge in [0, 0.05) is 0 Å². The molecule has 0 saturated carbocycles. The van der Waals surface area contributed by atoms with E-state index in [0.717, 1.165) is 11.1 Å². The van der Waals surface area contributed by atoms with Crippen LogP contribution in [0.1, 0.15) is 11.1 Å². The number of amides is 1. The molecule has 0 saturated heterocycles. The third-order valence-electron chi connectivity index (χ3n) is 7.92. The minimum absolute atomic E-state index is 0.0569. The molecule has 0 unspecified atom stereocenters. The van der Waals surface area contributed by atoms with Crippen LogP contribution in [0.25, 0.3) is 12.2 Å². The molecule has 3 nitrogen and oxygen atoms in total. The van der Waals surface area contributed by atoms with Crippen LogP contribution in [0, 0.1) is 0 Å². The van der Waals surface area contributed by atoms with Crippen molar-refractivity contribution in [3.63, 3.8) is 0 Å². The second-order valence-corrected chi connectivity index (χ2v) is 11.0. The lowest BCUT2D eigenvalue weighted by molar-refractivity contribution is -0.577. The Balaban J connectivity index is 0.000000182. The molecule has 0 aliphatic carbocycles. The van der Waals surface area contributed by atoms with Crippen LogP contribution in [0.3, 0.4) is 0 Å². The Kier molecular flexibility index (Phi) is 9.96. The molecule has 216 valence electrons. The van der Waals surface area contributed by atoms with Crippen LogP contribution in [-0.2, 0) is 0 Å². The van der Waals surface area contributed by atoms with E-state index in [4.69, 9.17) is 0 Å². The maximum Gasteiger partial charge on any atom is 0.497 e. The van der Waals surface area contributed by atoms with E-state index in [1.807, 2.05) is 42.5 Å². The summed E-state index contributed by atoms with van der Waals surface area (Å²) in [6.45, 7) is 0. The number of hydrogen-bond acceptors (Lipinski definition) is 1. The predicted octanol–water partition coefficient (Wildman–Crippen LogP) is 5.74. The molecule has 0 spiro atoms. The number of pyridine rings is 1. The monoisotopic (exact) mass is 572 g/mol. The average Bonchev–Trinajstić information content (AvgIpc) is 3.10. The van der Waals surface area contributed by atoms with E-state index < -0.39 is 6.15 Å². The Bertz CT molecular complexity index is 1590. The molecule has 0 N–H and O–H groups in total. The molecule has 44 heavy (non-hydrogen) atoms. The standard InChI is InChI=1S/C24H20B.C16H17N2O/c1-5-13-21(14-6-1)25(22-15-7-2-8-16-22,23-17-9-3-10-18-23)24-19-11-4-12-20-24;1-17(2)16(19)18-12-10-15(11-13-18)9-8-14-6-4-3-5-7-14/h1-20H;3-13H,1-2H3/q-1;+1/b;9-8+. The van der Waals surface area contributed by atoms with Crippen LogP contribution in [0.4, 0.5) is 4.79 Å². The van der Waals surface area contributed by atoms with Gasteiger partial charge >= 0.3 is 6.03 Å². The molecule has 0 aliphatic heterocycles. The van der Waals surface area contributed by atoms with E-state index in [2.05, 4.69) is 133 Å². The molecular formula is C40H37BN2O. The van der Waals surface area contributed by atoms with Crippen LogP contribution in [0.5, 0.6) is 0 Å². The first-order chi connectivity index (χ1) is 21.6. The summed E-state index contributed by atoms with van der Waals surface area (Å²) in [4.78, 5) is 13.2. The molecule has 0 fully saturated rings. The minimum Gasteiger partial charge on any atom is -0.231 e. The number of benzene rings is 5. The molecule has 4 heteroatoms. The van der Waals surface area contributed by atoms with E-state index in [1.165, 1.54) is 21.9 Å². The number of carbonyl (C=O) groups excluding carboxylic acids is 1. The summed E-state index contributed by atoms with van der Waals surface area (Å²) in [5.41, 5.74) is 7.57. The molecule has 0 radical (unpaired) electrons. The molecule has 0 aliphatic rings. The molecule has 0 atom stereocenters. The summed E-state index contributed by atoms with van der Waals surface area (Å²) in [5, 5.41) is 0. The fourth-order valence-electron chi connectivity index (χ4n) is 5.79. The van der Waals surface area contributed by atoms with Crippen molar-refractivity contribution in [3.8, 4) is 0 Å². The number of carbonyl (C=O) groups is 1. The number of hydrogen-bond donors (Lipinski definition) is 0. The van der Waals surface area contributed by atoms with Crippen LogP contribution in [0.2, 0.25) is 0 Å². The zero-order valence-electron chi connectivity index (χ0n) is 25.3. The van der Waals surface area contributed by atoms with Gasteiger partial charge in [0.2, 0.25) is 0 Å². The van der Waals surface area contributed by atoms with Gasteiger partial charge in [-0.2, -0.15) is 31.2 Å². The van der Waals surface area contributed by atoms with Gasteiger partial charge in [0.05, 0.1) is 26.5 Å². The summed E-state index contributed by atoms with van der Waals surface area (Å²) in [6.07, 6.45) is 6.40. The Morgan fingerprint density at radius 2 is 0.773 bits per heavy atom. The normalized spacial score (nSPS) is 11.0. The number of rotatable bonds is 6. The summed E-state index contributed by atoms with van der Waals surface area (Å²) in [7, 11) is 3.47. The zero-order chi connectivity index (χ0) is 30.6. The predicted molar refractivity (Wildman–Crippen MR) is 187 cm³/mol. The highest BCUT2D eigenvalue weighted by Gasteiger charge is 2.31. The maximum atomic E-state index is 11.7. The van der Waals surface area contributed by atoms with Gasteiger partial charge in [0.1, 0.15) is 6.15 Å².